The van der Waals surface area contributed by atoms with Crippen LogP contribution in [0.3, 0.4) is 0 Å². The molecule has 0 saturated carbocycles. The van der Waals surface area contributed by atoms with E-state index in [-0.39, 0.29) is 13.3 Å². The van der Waals surface area contributed by atoms with E-state index in [0.29, 0.717) is 23.6 Å². The number of amides is 4. The quantitative estimate of drug-likeness (QED) is 0.781. The lowest BCUT2D eigenvalue weighted by Gasteiger charge is -2.13. The Morgan fingerprint density at radius 3 is 2.70 bits per heavy atom. The van der Waals surface area contributed by atoms with Crippen LogP contribution in [0.4, 0.5) is 10.5 Å². The number of hydrogen-bond donors (Lipinski definition) is 2. The van der Waals surface area contributed by atoms with Crippen molar-refractivity contribution in [2.45, 2.75) is 12.5 Å². The van der Waals surface area contributed by atoms with Crippen LogP contribution >= 0.6 is 0 Å². The van der Waals surface area contributed by atoms with Gasteiger partial charge in [-0.1, -0.05) is 30.3 Å². The van der Waals surface area contributed by atoms with E-state index >= 15 is 0 Å². The van der Waals surface area contributed by atoms with Gasteiger partial charge in [-0.15, -0.1) is 0 Å². The highest BCUT2D eigenvalue weighted by atomic mass is 16.7. The molecule has 2 heterocycles. The maximum atomic E-state index is 12.5. The molecule has 0 aromatic heterocycles. The van der Waals surface area contributed by atoms with Gasteiger partial charge in [-0.25, -0.2) is 4.79 Å². The summed E-state index contributed by atoms with van der Waals surface area (Å²) in [5, 5.41) is 5.28. The molecular weight excluding hydrogens is 350 g/mol. The van der Waals surface area contributed by atoms with Gasteiger partial charge in [0.05, 0.1) is 0 Å². The zero-order valence-corrected chi connectivity index (χ0v) is 14.3. The Hall–Kier alpha value is -3.55. The van der Waals surface area contributed by atoms with Crippen molar-refractivity contribution in [3.63, 3.8) is 0 Å². The first kappa shape index (κ1) is 16.9. The molecule has 2 aliphatic rings. The molecule has 2 aromatic rings. The molecule has 0 radical (unpaired) electrons. The molecule has 2 aliphatic heterocycles. The molecular formula is C19H17N3O5. The van der Waals surface area contributed by atoms with Crippen LogP contribution in [-0.2, 0) is 16.0 Å². The molecule has 0 bridgehead atoms. The van der Waals surface area contributed by atoms with E-state index in [1.54, 1.807) is 18.2 Å². The third kappa shape index (κ3) is 3.55. The minimum atomic E-state index is -0.668. The van der Waals surface area contributed by atoms with Gasteiger partial charge in [0.1, 0.15) is 12.6 Å². The van der Waals surface area contributed by atoms with Crippen molar-refractivity contribution in [3.8, 4) is 11.5 Å². The van der Waals surface area contributed by atoms with E-state index in [1.165, 1.54) is 0 Å². The molecule has 4 rings (SSSR count). The Kier molecular flexibility index (Phi) is 4.37. The number of urea groups is 1. The van der Waals surface area contributed by atoms with Crippen LogP contribution in [0, 0.1) is 0 Å². The van der Waals surface area contributed by atoms with Gasteiger partial charge < -0.3 is 20.1 Å². The van der Waals surface area contributed by atoms with Gasteiger partial charge in [-0.05, 0) is 17.7 Å². The van der Waals surface area contributed by atoms with Gasteiger partial charge in [-0.3, -0.25) is 14.5 Å². The van der Waals surface area contributed by atoms with Crippen LogP contribution in [0.2, 0.25) is 0 Å². The van der Waals surface area contributed by atoms with Gasteiger partial charge in [0.15, 0.2) is 11.5 Å². The molecule has 0 aliphatic carbocycles. The molecule has 8 nitrogen and oxygen atoms in total. The molecule has 1 fully saturated rings. The summed E-state index contributed by atoms with van der Waals surface area (Å²) in [5.74, 6) is 0.249. The molecule has 27 heavy (non-hydrogen) atoms. The number of ether oxygens (including phenoxy) is 2. The monoisotopic (exact) mass is 367 g/mol. The molecule has 1 atom stereocenters. The largest absolute Gasteiger partial charge is 0.454 e. The zero-order valence-electron chi connectivity index (χ0n) is 14.3. The van der Waals surface area contributed by atoms with Gasteiger partial charge in [0, 0.05) is 18.2 Å². The number of rotatable bonds is 5. The van der Waals surface area contributed by atoms with Gasteiger partial charge >= 0.3 is 6.03 Å². The summed E-state index contributed by atoms with van der Waals surface area (Å²) in [6.07, 6.45) is 0.381. The Balaban J connectivity index is 1.37. The third-order valence-electron chi connectivity index (χ3n) is 4.35. The Morgan fingerprint density at radius 2 is 1.89 bits per heavy atom. The lowest BCUT2D eigenvalue weighted by molar-refractivity contribution is -0.130. The van der Waals surface area contributed by atoms with E-state index in [0.717, 1.165) is 10.5 Å². The Bertz CT molecular complexity index is 899. The second-order valence-electron chi connectivity index (χ2n) is 6.23. The predicted molar refractivity (Wildman–Crippen MR) is 95.4 cm³/mol. The summed E-state index contributed by atoms with van der Waals surface area (Å²) < 4.78 is 10.5. The second-order valence-corrected chi connectivity index (χ2v) is 6.23. The van der Waals surface area contributed by atoms with Crippen molar-refractivity contribution in [1.29, 1.82) is 0 Å². The molecule has 2 aromatic carbocycles. The van der Waals surface area contributed by atoms with Gasteiger partial charge in [-0.2, -0.15) is 0 Å². The number of nitrogens with zero attached hydrogens (tertiary/aromatic N) is 1. The SMILES string of the molecule is O=C(CN1C(=O)N[C@@H](Cc2ccccc2)C1=O)Nc1ccc2c(c1)OCO2. The van der Waals surface area contributed by atoms with E-state index in [9.17, 15) is 14.4 Å². The predicted octanol–water partition coefficient (Wildman–Crippen LogP) is 1.52. The first-order valence-electron chi connectivity index (χ1n) is 8.45. The van der Waals surface area contributed by atoms with Crippen molar-refractivity contribution >= 4 is 23.5 Å². The van der Waals surface area contributed by atoms with E-state index in [4.69, 9.17) is 9.47 Å². The molecule has 1 saturated heterocycles. The maximum absolute atomic E-state index is 12.5. The van der Waals surface area contributed by atoms with Crippen molar-refractivity contribution in [1.82, 2.24) is 10.2 Å². The van der Waals surface area contributed by atoms with Crippen LogP contribution < -0.4 is 20.1 Å². The number of carbonyl (C=O) groups excluding carboxylic acids is 3. The summed E-state index contributed by atoms with van der Waals surface area (Å²) in [6, 6.07) is 13.1. The number of fused-ring (bicyclic) bond motifs is 1. The summed E-state index contributed by atoms with van der Waals surface area (Å²) in [5.41, 5.74) is 1.43. The van der Waals surface area contributed by atoms with Crippen LogP contribution in [0.25, 0.3) is 0 Å². The number of carbonyl (C=O) groups is 3. The standard InChI is InChI=1S/C19H17N3O5/c23-17(20-13-6-7-15-16(9-13)27-11-26-15)10-22-18(24)14(21-19(22)25)8-12-4-2-1-3-5-12/h1-7,9,14H,8,10-11H2,(H,20,23)(H,21,25)/t14-/m0/s1. The molecule has 0 spiro atoms. The van der Waals surface area contributed by atoms with Crippen LogP contribution in [-0.4, -0.2) is 42.1 Å². The average molecular weight is 367 g/mol. The van der Waals surface area contributed by atoms with Gasteiger partial charge in [0.25, 0.3) is 5.91 Å². The minimum absolute atomic E-state index is 0.137. The average Bonchev–Trinajstić information content (AvgIpc) is 3.22. The summed E-state index contributed by atoms with van der Waals surface area (Å²) in [7, 11) is 0. The fraction of sp³-hybridized carbons (Fsp3) is 0.211. The fourth-order valence-electron chi connectivity index (χ4n) is 3.03. The van der Waals surface area contributed by atoms with Crippen molar-refractivity contribution in [2.75, 3.05) is 18.7 Å². The maximum Gasteiger partial charge on any atom is 0.325 e. The number of imide groups is 1. The van der Waals surface area contributed by atoms with E-state index < -0.39 is 23.9 Å². The lowest BCUT2D eigenvalue weighted by atomic mass is 10.1. The normalized spacial score (nSPS) is 17.8. The van der Waals surface area contributed by atoms with Crippen LogP contribution in [0.15, 0.2) is 48.5 Å². The molecule has 4 amide bonds. The summed E-state index contributed by atoms with van der Waals surface area (Å²) in [6.45, 7) is -0.220. The molecule has 138 valence electrons. The summed E-state index contributed by atoms with van der Waals surface area (Å²) >= 11 is 0. The smallest absolute Gasteiger partial charge is 0.325 e. The minimum Gasteiger partial charge on any atom is -0.454 e. The van der Waals surface area contributed by atoms with Crippen molar-refractivity contribution in [2.24, 2.45) is 0 Å². The number of nitrogens with one attached hydrogen (secondary N) is 2. The van der Waals surface area contributed by atoms with E-state index in [2.05, 4.69) is 10.6 Å². The number of anilines is 1. The first-order valence-corrected chi connectivity index (χ1v) is 8.45. The molecule has 8 heteroatoms. The first-order chi connectivity index (χ1) is 13.1. The zero-order chi connectivity index (χ0) is 18.8. The van der Waals surface area contributed by atoms with E-state index in [1.807, 2.05) is 30.3 Å². The Labute approximate surface area is 155 Å². The van der Waals surface area contributed by atoms with Crippen molar-refractivity contribution in [3.05, 3.63) is 54.1 Å². The van der Waals surface area contributed by atoms with Gasteiger partial charge in [0.2, 0.25) is 12.7 Å². The Morgan fingerprint density at radius 1 is 1.11 bits per heavy atom. The number of hydrogen-bond acceptors (Lipinski definition) is 5. The number of benzene rings is 2. The highest BCUT2D eigenvalue weighted by Crippen LogP contribution is 2.34. The van der Waals surface area contributed by atoms with Crippen LogP contribution in [0.5, 0.6) is 11.5 Å². The molecule has 0 unspecified atom stereocenters. The van der Waals surface area contributed by atoms with Crippen molar-refractivity contribution < 1.29 is 23.9 Å². The topological polar surface area (TPSA) is 97.0 Å². The van der Waals surface area contributed by atoms with Crippen LogP contribution in [0.1, 0.15) is 5.56 Å². The molecule has 2 N–H and O–H groups in total. The highest BCUT2D eigenvalue weighted by Gasteiger charge is 2.38. The lowest BCUT2D eigenvalue weighted by Crippen LogP contribution is -2.38. The fourth-order valence-corrected chi connectivity index (χ4v) is 3.03. The summed E-state index contributed by atoms with van der Waals surface area (Å²) in [4.78, 5) is 37.8. The third-order valence-corrected chi connectivity index (χ3v) is 4.35. The highest BCUT2D eigenvalue weighted by molar-refractivity contribution is 6.08. The second kappa shape index (κ2) is 6.99.